The second kappa shape index (κ2) is 6.66. The second-order valence-corrected chi connectivity index (χ2v) is 5.51. The Morgan fingerprint density at radius 3 is 2.71 bits per heavy atom. The number of hydrogen-bond donors (Lipinski definition) is 0. The fraction of sp³-hybridized carbons (Fsp3) is 0.357. The minimum absolute atomic E-state index is 0.180. The molecule has 2 nitrogen and oxygen atoms in total. The number of nitrogens with zero attached hydrogens (tertiary/aromatic N) is 1. The third kappa shape index (κ3) is 4.11. The van der Waals surface area contributed by atoms with E-state index in [-0.39, 0.29) is 11.9 Å². The maximum atomic E-state index is 12.7. The van der Waals surface area contributed by atoms with Crippen LogP contribution in [-0.4, -0.2) is 4.98 Å². The number of rotatable bonds is 5. The summed E-state index contributed by atoms with van der Waals surface area (Å²) < 4.78 is 43.7. The van der Waals surface area contributed by atoms with Crippen molar-refractivity contribution in [1.29, 1.82) is 0 Å². The highest BCUT2D eigenvalue weighted by molar-refractivity contribution is 7.09. The summed E-state index contributed by atoms with van der Waals surface area (Å²) in [7, 11) is 0. The van der Waals surface area contributed by atoms with Gasteiger partial charge in [0.15, 0.2) is 0 Å². The van der Waals surface area contributed by atoms with Gasteiger partial charge in [0.1, 0.15) is 16.9 Å². The van der Waals surface area contributed by atoms with Gasteiger partial charge in [-0.25, -0.2) is 4.98 Å². The molecule has 0 fully saturated rings. The molecule has 0 aliphatic rings. The maximum Gasteiger partial charge on any atom is 0.416 e. The summed E-state index contributed by atoms with van der Waals surface area (Å²) in [5, 5.41) is 2.53. The van der Waals surface area contributed by atoms with Crippen LogP contribution in [-0.2, 0) is 12.1 Å². The van der Waals surface area contributed by atoms with E-state index in [4.69, 9.17) is 16.3 Å². The summed E-state index contributed by atoms with van der Waals surface area (Å²) >= 11 is 7.09. The first kappa shape index (κ1) is 16.1. The normalized spacial score (nSPS) is 13.2. The Labute approximate surface area is 129 Å². The average Bonchev–Trinajstić information content (AvgIpc) is 2.93. The van der Waals surface area contributed by atoms with Gasteiger partial charge in [0.25, 0.3) is 0 Å². The summed E-state index contributed by atoms with van der Waals surface area (Å²) in [6.07, 6.45) is -4.16. The second-order valence-electron chi connectivity index (χ2n) is 4.35. The number of hydrogen-bond acceptors (Lipinski definition) is 3. The fourth-order valence-electron chi connectivity index (χ4n) is 1.75. The van der Waals surface area contributed by atoms with Crippen molar-refractivity contribution in [3.63, 3.8) is 0 Å². The largest absolute Gasteiger partial charge is 0.483 e. The first-order valence-electron chi connectivity index (χ1n) is 6.28. The van der Waals surface area contributed by atoms with E-state index in [9.17, 15) is 13.2 Å². The lowest BCUT2D eigenvalue weighted by atomic mass is 10.2. The molecule has 0 saturated heterocycles. The summed E-state index contributed by atoms with van der Waals surface area (Å²) in [6.45, 7) is 1.89. The molecule has 1 heterocycles. The van der Waals surface area contributed by atoms with E-state index in [0.717, 1.165) is 17.8 Å². The Morgan fingerprint density at radius 2 is 2.14 bits per heavy atom. The first-order chi connectivity index (χ1) is 9.94. The molecule has 114 valence electrons. The first-order valence-corrected chi connectivity index (χ1v) is 7.69. The van der Waals surface area contributed by atoms with Crippen LogP contribution in [0.25, 0.3) is 0 Å². The summed E-state index contributed by atoms with van der Waals surface area (Å²) in [4.78, 5) is 4.31. The lowest BCUT2D eigenvalue weighted by molar-refractivity contribution is -0.137. The van der Waals surface area contributed by atoms with Crippen LogP contribution in [0.2, 0.25) is 0 Å². The Kier molecular flexibility index (Phi) is 5.11. The van der Waals surface area contributed by atoms with E-state index in [0.29, 0.717) is 17.3 Å². The van der Waals surface area contributed by atoms with Crippen LogP contribution in [0, 0.1) is 0 Å². The van der Waals surface area contributed by atoms with Crippen molar-refractivity contribution >= 4 is 22.9 Å². The zero-order chi connectivity index (χ0) is 15.5. The molecule has 0 bridgehead atoms. The molecule has 0 saturated carbocycles. The van der Waals surface area contributed by atoms with Gasteiger partial charge in [-0.2, -0.15) is 13.2 Å². The molecule has 7 heteroatoms. The number of halogens is 4. The number of aromatic nitrogens is 1. The lowest BCUT2D eigenvalue weighted by Gasteiger charge is -2.16. The number of alkyl halides is 4. The van der Waals surface area contributed by atoms with Crippen molar-refractivity contribution in [2.24, 2.45) is 0 Å². The Bertz CT molecular complexity index is 600. The minimum atomic E-state index is -4.38. The minimum Gasteiger partial charge on any atom is -0.483 e. The predicted octanol–water partition coefficient (Wildman–Crippen LogP) is 5.43. The van der Waals surface area contributed by atoms with Crippen molar-refractivity contribution < 1.29 is 17.9 Å². The SMILES string of the molecule is CCC(Oc1cccc(C(F)(F)F)c1)c1nc(CCl)cs1. The van der Waals surface area contributed by atoms with Gasteiger partial charge in [-0.3, -0.25) is 0 Å². The molecule has 1 atom stereocenters. The van der Waals surface area contributed by atoms with Crippen molar-refractivity contribution in [2.45, 2.75) is 31.5 Å². The highest BCUT2D eigenvalue weighted by atomic mass is 35.5. The number of thiazole rings is 1. The van der Waals surface area contributed by atoms with Gasteiger partial charge in [0.05, 0.1) is 17.1 Å². The van der Waals surface area contributed by atoms with Crippen LogP contribution in [0.3, 0.4) is 0 Å². The third-order valence-corrected chi connectivity index (χ3v) is 4.05. The van der Waals surface area contributed by atoms with E-state index >= 15 is 0 Å². The van der Waals surface area contributed by atoms with Gasteiger partial charge in [-0.05, 0) is 24.6 Å². The lowest BCUT2D eigenvalue weighted by Crippen LogP contribution is -2.08. The fourth-order valence-corrected chi connectivity index (χ4v) is 2.91. The molecule has 1 unspecified atom stereocenters. The van der Waals surface area contributed by atoms with Crippen molar-refractivity contribution in [3.8, 4) is 5.75 Å². The Morgan fingerprint density at radius 1 is 1.38 bits per heavy atom. The Hall–Kier alpha value is -1.27. The predicted molar refractivity (Wildman–Crippen MR) is 76.8 cm³/mol. The van der Waals surface area contributed by atoms with Crippen molar-refractivity contribution in [1.82, 2.24) is 4.98 Å². The third-order valence-electron chi connectivity index (χ3n) is 2.79. The molecule has 0 aliphatic carbocycles. The van der Waals surface area contributed by atoms with E-state index in [1.807, 2.05) is 12.3 Å². The number of ether oxygens (including phenoxy) is 1. The van der Waals surface area contributed by atoms with Crippen molar-refractivity contribution in [2.75, 3.05) is 0 Å². The topological polar surface area (TPSA) is 22.1 Å². The van der Waals surface area contributed by atoms with Gasteiger partial charge in [0, 0.05) is 5.38 Å². The standard InChI is InChI=1S/C14H13ClF3NOS/c1-2-12(13-19-10(7-15)8-21-13)20-11-5-3-4-9(6-11)14(16,17)18/h3-6,8,12H,2,7H2,1H3. The van der Waals surface area contributed by atoms with Crippen LogP contribution < -0.4 is 4.74 Å². The summed E-state index contributed by atoms with van der Waals surface area (Å²) in [5.74, 6) is 0.482. The monoisotopic (exact) mass is 335 g/mol. The van der Waals surface area contributed by atoms with Crippen molar-refractivity contribution in [3.05, 3.63) is 45.9 Å². The summed E-state index contributed by atoms with van der Waals surface area (Å²) in [5.41, 5.74) is 0.0122. The van der Waals surface area contributed by atoms with Crippen LogP contribution in [0.5, 0.6) is 5.75 Å². The summed E-state index contributed by atoms with van der Waals surface area (Å²) in [6, 6.07) is 4.85. The molecule has 1 aromatic carbocycles. The van der Waals surface area contributed by atoms with E-state index < -0.39 is 11.7 Å². The highest BCUT2D eigenvalue weighted by Crippen LogP contribution is 2.33. The molecule has 0 aliphatic heterocycles. The van der Waals surface area contributed by atoms with E-state index in [2.05, 4.69) is 4.98 Å². The van der Waals surface area contributed by atoms with E-state index in [1.165, 1.54) is 23.5 Å². The molecule has 0 radical (unpaired) electrons. The average molecular weight is 336 g/mol. The van der Waals surface area contributed by atoms with Crippen LogP contribution in [0.4, 0.5) is 13.2 Å². The zero-order valence-electron chi connectivity index (χ0n) is 11.2. The van der Waals surface area contributed by atoms with Gasteiger partial charge in [-0.15, -0.1) is 22.9 Å². The molecule has 1 aromatic heterocycles. The molecule has 2 aromatic rings. The molecule has 0 spiro atoms. The quantitative estimate of drug-likeness (QED) is 0.680. The molecular weight excluding hydrogens is 323 g/mol. The van der Waals surface area contributed by atoms with E-state index in [1.54, 1.807) is 0 Å². The molecule has 2 rings (SSSR count). The van der Waals surface area contributed by atoms with Crippen LogP contribution in [0.1, 0.15) is 35.7 Å². The highest BCUT2D eigenvalue weighted by Gasteiger charge is 2.30. The van der Waals surface area contributed by atoms with Gasteiger partial charge < -0.3 is 4.74 Å². The van der Waals surface area contributed by atoms with Crippen LogP contribution >= 0.6 is 22.9 Å². The zero-order valence-corrected chi connectivity index (χ0v) is 12.7. The maximum absolute atomic E-state index is 12.7. The molecule has 0 amide bonds. The smallest absolute Gasteiger partial charge is 0.416 e. The molecule has 21 heavy (non-hydrogen) atoms. The van der Waals surface area contributed by atoms with Crippen LogP contribution in [0.15, 0.2) is 29.6 Å². The number of benzene rings is 1. The van der Waals surface area contributed by atoms with Gasteiger partial charge in [-0.1, -0.05) is 13.0 Å². The molecule has 0 N–H and O–H groups in total. The Balaban J connectivity index is 2.18. The molecular formula is C14H13ClF3NOS. The van der Waals surface area contributed by atoms with Gasteiger partial charge in [0.2, 0.25) is 0 Å². The van der Waals surface area contributed by atoms with Gasteiger partial charge >= 0.3 is 6.18 Å².